The third-order valence-corrected chi connectivity index (χ3v) is 2.97. The maximum absolute atomic E-state index is 5.56. The molecule has 2 nitrogen and oxygen atoms in total. The van der Waals surface area contributed by atoms with E-state index in [1.165, 1.54) is 23.1 Å². The summed E-state index contributed by atoms with van der Waals surface area (Å²) in [5.74, 6) is 5.56. The predicted molar refractivity (Wildman–Crippen MR) is 65.6 cm³/mol. The van der Waals surface area contributed by atoms with Crippen molar-refractivity contribution >= 4 is 0 Å². The maximum Gasteiger partial charge on any atom is 0.0251 e. The van der Waals surface area contributed by atoms with E-state index in [9.17, 15) is 0 Å². The van der Waals surface area contributed by atoms with Gasteiger partial charge in [0, 0.05) is 6.04 Å². The van der Waals surface area contributed by atoms with E-state index in [-0.39, 0.29) is 0 Å². The Bertz CT molecular complexity index is 287. The number of nitrogens with one attached hydrogen (secondary N) is 1. The molecule has 0 saturated carbocycles. The fraction of sp³-hybridized carbons (Fsp3) is 0.538. The molecule has 0 saturated heterocycles. The summed E-state index contributed by atoms with van der Waals surface area (Å²) in [7, 11) is 0. The van der Waals surface area contributed by atoms with Gasteiger partial charge in [0.05, 0.1) is 0 Å². The fourth-order valence-electron chi connectivity index (χ4n) is 2.01. The average molecular weight is 206 g/mol. The summed E-state index contributed by atoms with van der Waals surface area (Å²) in [5, 5.41) is 0. The summed E-state index contributed by atoms with van der Waals surface area (Å²) in [6, 6.07) is 6.84. The van der Waals surface area contributed by atoms with Gasteiger partial charge in [-0.1, -0.05) is 31.5 Å². The SMILES string of the molecule is CCCC(Cc1c(C)cccc1C)NN. The van der Waals surface area contributed by atoms with E-state index in [1.807, 2.05) is 0 Å². The van der Waals surface area contributed by atoms with Crippen molar-refractivity contribution in [2.75, 3.05) is 0 Å². The molecule has 1 unspecified atom stereocenters. The lowest BCUT2D eigenvalue weighted by Gasteiger charge is -2.18. The van der Waals surface area contributed by atoms with Crippen molar-refractivity contribution in [2.45, 2.75) is 46.1 Å². The Balaban J connectivity index is 2.78. The normalized spacial score (nSPS) is 12.8. The zero-order chi connectivity index (χ0) is 11.3. The molecule has 1 aromatic rings. The Morgan fingerprint density at radius 1 is 1.27 bits per heavy atom. The number of hydrogen-bond acceptors (Lipinski definition) is 2. The molecule has 1 rings (SSSR count). The number of hydrogen-bond donors (Lipinski definition) is 2. The van der Waals surface area contributed by atoms with E-state index in [1.54, 1.807) is 0 Å². The molecule has 0 radical (unpaired) electrons. The summed E-state index contributed by atoms with van der Waals surface area (Å²) in [6.45, 7) is 6.53. The van der Waals surface area contributed by atoms with E-state index in [0.29, 0.717) is 6.04 Å². The van der Waals surface area contributed by atoms with Crippen LogP contribution in [0.3, 0.4) is 0 Å². The highest BCUT2D eigenvalue weighted by molar-refractivity contribution is 5.34. The third-order valence-electron chi connectivity index (χ3n) is 2.97. The van der Waals surface area contributed by atoms with Crippen LogP contribution < -0.4 is 11.3 Å². The lowest BCUT2D eigenvalue weighted by molar-refractivity contribution is 0.484. The monoisotopic (exact) mass is 206 g/mol. The molecule has 1 atom stereocenters. The van der Waals surface area contributed by atoms with E-state index in [2.05, 4.69) is 44.4 Å². The first-order chi connectivity index (χ1) is 7.19. The van der Waals surface area contributed by atoms with Crippen LogP contribution in [0, 0.1) is 13.8 Å². The highest BCUT2D eigenvalue weighted by Gasteiger charge is 2.09. The van der Waals surface area contributed by atoms with Gasteiger partial charge in [-0.3, -0.25) is 11.3 Å². The van der Waals surface area contributed by atoms with E-state index in [0.717, 1.165) is 12.8 Å². The van der Waals surface area contributed by atoms with Crippen molar-refractivity contribution in [3.05, 3.63) is 34.9 Å². The zero-order valence-electron chi connectivity index (χ0n) is 10.0. The van der Waals surface area contributed by atoms with Crippen LogP contribution in [0.5, 0.6) is 0 Å². The molecule has 0 aliphatic rings. The van der Waals surface area contributed by atoms with Gasteiger partial charge >= 0.3 is 0 Å². The Morgan fingerprint density at radius 2 is 1.87 bits per heavy atom. The van der Waals surface area contributed by atoms with Gasteiger partial charge in [0.15, 0.2) is 0 Å². The van der Waals surface area contributed by atoms with Crippen LogP contribution in [-0.2, 0) is 6.42 Å². The van der Waals surface area contributed by atoms with Crippen LogP contribution in [0.25, 0.3) is 0 Å². The van der Waals surface area contributed by atoms with Gasteiger partial charge in [0.2, 0.25) is 0 Å². The largest absolute Gasteiger partial charge is 0.271 e. The Morgan fingerprint density at radius 3 is 2.33 bits per heavy atom. The van der Waals surface area contributed by atoms with Gasteiger partial charge < -0.3 is 0 Å². The van der Waals surface area contributed by atoms with Crippen LogP contribution >= 0.6 is 0 Å². The van der Waals surface area contributed by atoms with Crippen LogP contribution in [0.2, 0.25) is 0 Å². The molecule has 0 fully saturated rings. The summed E-state index contributed by atoms with van der Waals surface area (Å²) in [6.07, 6.45) is 3.33. The standard InChI is InChI=1S/C13H22N2/c1-4-6-12(15-14)9-13-10(2)7-5-8-11(13)3/h5,7-8,12,15H,4,6,9,14H2,1-3H3. The third kappa shape index (κ3) is 3.33. The van der Waals surface area contributed by atoms with Gasteiger partial charge in [-0.2, -0.15) is 0 Å². The lowest BCUT2D eigenvalue weighted by Crippen LogP contribution is -2.36. The quantitative estimate of drug-likeness (QED) is 0.574. The lowest BCUT2D eigenvalue weighted by atomic mass is 9.95. The first-order valence-electron chi connectivity index (χ1n) is 5.70. The van der Waals surface area contributed by atoms with Crippen molar-refractivity contribution < 1.29 is 0 Å². The highest BCUT2D eigenvalue weighted by atomic mass is 15.2. The van der Waals surface area contributed by atoms with Gasteiger partial charge in [0.1, 0.15) is 0 Å². The first kappa shape index (κ1) is 12.2. The highest BCUT2D eigenvalue weighted by Crippen LogP contribution is 2.16. The Labute approximate surface area is 92.8 Å². The van der Waals surface area contributed by atoms with Crippen LogP contribution in [-0.4, -0.2) is 6.04 Å². The number of benzene rings is 1. The molecule has 0 spiro atoms. The smallest absolute Gasteiger partial charge is 0.0251 e. The van der Waals surface area contributed by atoms with Crippen molar-refractivity contribution in [1.82, 2.24) is 5.43 Å². The zero-order valence-corrected chi connectivity index (χ0v) is 10.0. The number of nitrogens with two attached hydrogens (primary N) is 1. The second kappa shape index (κ2) is 5.89. The minimum atomic E-state index is 0.398. The van der Waals surface area contributed by atoms with E-state index < -0.39 is 0 Å². The fourth-order valence-corrected chi connectivity index (χ4v) is 2.01. The molecule has 2 heteroatoms. The topological polar surface area (TPSA) is 38.0 Å². The minimum Gasteiger partial charge on any atom is -0.271 e. The number of aryl methyl sites for hydroxylation is 2. The average Bonchev–Trinajstić information content (AvgIpc) is 2.22. The first-order valence-corrected chi connectivity index (χ1v) is 5.70. The Kier molecular flexibility index (Phi) is 4.79. The second-order valence-corrected chi connectivity index (χ2v) is 4.23. The van der Waals surface area contributed by atoms with Gasteiger partial charge in [-0.05, 0) is 43.4 Å². The van der Waals surface area contributed by atoms with Crippen molar-refractivity contribution in [3.8, 4) is 0 Å². The number of rotatable bonds is 5. The second-order valence-electron chi connectivity index (χ2n) is 4.23. The van der Waals surface area contributed by atoms with Crippen molar-refractivity contribution in [2.24, 2.45) is 5.84 Å². The summed E-state index contributed by atoms with van der Waals surface area (Å²) < 4.78 is 0. The number of hydrazine groups is 1. The van der Waals surface area contributed by atoms with Gasteiger partial charge in [-0.25, -0.2) is 0 Å². The molecule has 84 valence electrons. The molecular weight excluding hydrogens is 184 g/mol. The molecule has 0 aromatic heterocycles. The van der Waals surface area contributed by atoms with Crippen LogP contribution in [0.15, 0.2) is 18.2 Å². The molecular formula is C13H22N2. The summed E-state index contributed by atoms with van der Waals surface area (Å²) >= 11 is 0. The molecule has 0 bridgehead atoms. The summed E-state index contributed by atoms with van der Waals surface area (Å²) in [5.41, 5.74) is 7.08. The molecule has 15 heavy (non-hydrogen) atoms. The molecule has 1 aromatic carbocycles. The minimum absolute atomic E-state index is 0.398. The van der Waals surface area contributed by atoms with E-state index in [4.69, 9.17) is 5.84 Å². The van der Waals surface area contributed by atoms with Crippen LogP contribution in [0.1, 0.15) is 36.5 Å². The molecule has 0 amide bonds. The molecule has 0 aliphatic carbocycles. The van der Waals surface area contributed by atoms with Crippen molar-refractivity contribution in [3.63, 3.8) is 0 Å². The molecule has 0 heterocycles. The maximum atomic E-state index is 5.56. The van der Waals surface area contributed by atoms with E-state index >= 15 is 0 Å². The molecule has 3 N–H and O–H groups in total. The Hall–Kier alpha value is -0.860. The summed E-state index contributed by atoms with van der Waals surface area (Å²) in [4.78, 5) is 0. The van der Waals surface area contributed by atoms with Crippen LogP contribution in [0.4, 0.5) is 0 Å². The molecule has 0 aliphatic heterocycles. The van der Waals surface area contributed by atoms with Gasteiger partial charge in [-0.15, -0.1) is 0 Å². The predicted octanol–water partition coefficient (Wildman–Crippen LogP) is 2.48. The van der Waals surface area contributed by atoms with Crippen molar-refractivity contribution in [1.29, 1.82) is 0 Å². The van der Waals surface area contributed by atoms with Gasteiger partial charge in [0.25, 0.3) is 0 Å².